The first kappa shape index (κ1) is 16.2. The highest BCUT2D eigenvalue weighted by Crippen LogP contribution is 2.10. The van der Waals surface area contributed by atoms with Gasteiger partial charge in [-0.3, -0.25) is 9.59 Å². The van der Waals surface area contributed by atoms with Gasteiger partial charge in [0.05, 0.1) is 12.8 Å². The SMILES string of the molecule is CC(C)Cc1ccc(CC(=O)NC(C)CC(=O)O)cc1. The summed E-state index contributed by atoms with van der Waals surface area (Å²) in [6.45, 7) is 6.04. The van der Waals surface area contributed by atoms with Gasteiger partial charge < -0.3 is 10.4 Å². The van der Waals surface area contributed by atoms with E-state index in [0.29, 0.717) is 5.92 Å². The summed E-state index contributed by atoms with van der Waals surface area (Å²) in [5, 5.41) is 11.3. The molecule has 0 aliphatic heterocycles. The van der Waals surface area contributed by atoms with E-state index < -0.39 is 5.97 Å². The Morgan fingerprint density at radius 2 is 1.65 bits per heavy atom. The highest BCUT2D eigenvalue weighted by Gasteiger charge is 2.11. The molecule has 0 saturated carbocycles. The first-order valence-electron chi connectivity index (χ1n) is 6.95. The molecule has 2 N–H and O–H groups in total. The summed E-state index contributed by atoms with van der Waals surface area (Å²) in [4.78, 5) is 22.3. The van der Waals surface area contributed by atoms with Crippen molar-refractivity contribution in [3.8, 4) is 0 Å². The molecular formula is C16H23NO3. The quantitative estimate of drug-likeness (QED) is 0.804. The van der Waals surface area contributed by atoms with Gasteiger partial charge in [0.15, 0.2) is 0 Å². The molecule has 0 heterocycles. The van der Waals surface area contributed by atoms with Crippen molar-refractivity contribution in [1.29, 1.82) is 0 Å². The van der Waals surface area contributed by atoms with Crippen molar-refractivity contribution >= 4 is 11.9 Å². The van der Waals surface area contributed by atoms with Crippen LogP contribution in [0.25, 0.3) is 0 Å². The molecule has 0 aromatic heterocycles. The fourth-order valence-corrected chi connectivity index (χ4v) is 2.09. The van der Waals surface area contributed by atoms with E-state index in [1.807, 2.05) is 24.3 Å². The number of hydrogen-bond acceptors (Lipinski definition) is 2. The van der Waals surface area contributed by atoms with Crippen LogP contribution in [0.5, 0.6) is 0 Å². The maximum absolute atomic E-state index is 11.8. The van der Waals surface area contributed by atoms with E-state index in [-0.39, 0.29) is 24.8 Å². The van der Waals surface area contributed by atoms with Crippen LogP contribution in [0.1, 0.15) is 38.3 Å². The van der Waals surface area contributed by atoms with E-state index in [0.717, 1.165) is 12.0 Å². The third kappa shape index (κ3) is 6.36. The molecule has 0 saturated heterocycles. The number of nitrogens with one attached hydrogen (secondary N) is 1. The molecule has 4 nitrogen and oxygen atoms in total. The molecule has 1 amide bonds. The Morgan fingerprint density at radius 3 is 2.15 bits per heavy atom. The molecule has 0 fully saturated rings. The van der Waals surface area contributed by atoms with E-state index in [9.17, 15) is 9.59 Å². The Bertz CT molecular complexity index is 451. The number of carbonyl (C=O) groups excluding carboxylic acids is 1. The third-order valence-electron chi connectivity index (χ3n) is 2.92. The third-order valence-corrected chi connectivity index (χ3v) is 2.92. The topological polar surface area (TPSA) is 66.4 Å². The first-order chi connectivity index (χ1) is 9.36. The Kier molecular flexibility index (Phi) is 6.22. The minimum Gasteiger partial charge on any atom is -0.481 e. The van der Waals surface area contributed by atoms with Crippen molar-refractivity contribution in [3.63, 3.8) is 0 Å². The number of amides is 1. The van der Waals surface area contributed by atoms with Crippen LogP contribution in [0.4, 0.5) is 0 Å². The van der Waals surface area contributed by atoms with Crippen LogP contribution in [0.2, 0.25) is 0 Å². The molecular weight excluding hydrogens is 254 g/mol. The maximum Gasteiger partial charge on any atom is 0.305 e. The van der Waals surface area contributed by atoms with Gasteiger partial charge in [0.25, 0.3) is 0 Å². The minimum atomic E-state index is -0.907. The lowest BCUT2D eigenvalue weighted by atomic mass is 10.0. The monoisotopic (exact) mass is 277 g/mol. The highest BCUT2D eigenvalue weighted by atomic mass is 16.4. The predicted molar refractivity (Wildman–Crippen MR) is 78.5 cm³/mol. The Balaban J connectivity index is 2.47. The fraction of sp³-hybridized carbons (Fsp3) is 0.500. The van der Waals surface area contributed by atoms with Gasteiger partial charge in [0, 0.05) is 6.04 Å². The number of carbonyl (C=O) groups is 2. The molecule has 1 atom stereocenters. The maximum atomic E-state index is 11.8. The van der Waals surface area contributed by atoms with Gasteiger partial charge in [-0.05, 0) is 30.4 Å². The summed E-state index contributed by atoms with van der Waals surface area (Å²) < 4.78 is 0. The molecule has 0 bridgehead atoms. The summed E-state index contributed by atoms with van der Waals surface area (Å²) >= 11 is 0. The molecule has 4 heteroatoms. The first-order valence-corrected chi connectivity index (χ1v) is 6.95. The summed E-state index contributed by atoms with van der Waals surface area (Å²) in [7, 11) is 0. The molecule has 0 aliphatic carbocycles. The van der Waals surface area contributed by atoms with Crippen molar-refractivity contribution < 1.29 is 14.7 Å². The Hall–Kier alpha value is -1.84. The average molecular weight is 277 g/mol. The second-order valence-electron chi connectivity index (χ2n) is 5.66. The van der Waals surface area contributed by atoms with Crippen LogP contribution >= 0.6 is 0 Å². The molecule has 1 rings (SSSR count). The normalized spacial score (nSPS) is 12.2. The summed E-state index contributed by atoms with van der Waals surface area (Å²) in [5.74, 6) is -0.438. The second-order valence-corrected chi connectivity index (χ2v) is 5.66. The van der Waals surface area contributed by atoms with Crippen molar-refractivity contribution in [2.75, 3.05) is 0 Å². The van der Waals surface area contributed by atoms with Gasteiger partial charge in [-0.2, -0.15) is 0 Å². The van der Waals surface area contributed by atoms with Gasteiger partial charge >= 0.3 is 5.97 Å². The number of carboxylic acids is 1. The number of carboxylic acid groups (broad SMARTS) is 1. The van der Waals surface area contributed by atoms with Crippen molar-refractivity contribution in [2.45, 2.75) is 46.1 Å². The molecule has 110 valence electrons. The zero-order chi connectivity index (χ0) is 15.1. The van der Waals surface area contributed by atoms with Crippen LogP contribution < -0.4 is 5.32 Å². The molecule has 0 aliphatic rings. The van der Waals surface area contributed by atoms with Crippen LogP contribution in [0, 0.1) is 5.92 Å². The second kappa shape index (κ2) is 7.68. The Morgan fingerprint density at radius 1 is 1.10 bits per heavy atom. The lowest BCUT2D eigenvalue weighted by molar-refractivity contribution is -0.137. The van der Waals surface area contributed by atoms with Gasteiger partial charge in [-0.1, -0.05) is 38.1 Å². The van der Waals surface area contributed by atoms with Crippen molar-refractivity contribution in [1.82, 2.24) is 5.32 Å². The molecule has 0 radical (unpaired) electrons. The van der Waals surface area contributed by atoms with Gasteiger partial charge in [-0.25, -0.2) is 0 Å². The number of benzene rings is 1. The molecule has 0 spiro atoms. The Labute approximate surface area is 120 Å². The van der Waals surface area contributed by atoms with Crippen LogP contribution in [-0.4, -0.2) is 23.0 Å². The predicted octanol–water partition coefficient (Wildman–Crippen LogP) is 2.41. The van der Waals surface area contributed by atoms with Gasteiger partial charge in [0.2, 0.25) is 5.91 Å². The standard InChI is InChI=1S/C16H23NO3/c1-11(2)8-13-4-6-14(7-5-13)10-15(18)17-12(3)9-16(19)20/h4-7,11-12H,8-10H2,1-3H3,(H,17,18)(H,19,20). The zero-order valence-electron chi connectivity index (χ0n) is 12.3. The van der Waals surface area contributed by atoms with Gasteiger partial charge in [-0.15, -0.1) is 0 Å². The van der Waals surface area contributed by atoms with E-state index in [1.165, 1.54) is 5.56 Å². The fourth-order valence-electron chi connectivity index (χ4n) is 2.09. The van der Waals surface area contributed by atoms with Crippen molar-refractivity contribution in [3.05, 3.63) is 35.4 Å². The zero-order valence-corrected chi connectivity index (χ0v) is 12.3. The highest BCUT2D eigenvalue weighted by molar-refractivity contribution is 5.79. The molecule has 1 aromatic rings. The van der Waals surface area contributed by atoms with Crippen LogP contribution in [0.3, 0.4) is 0 Å². The summed E-state index contributed by atoms with van der Waals surface area (Å²) in [6, 6.07) is 7.66. The number of hydrogen-bond donors (Lipinski definition) is 2. The largest absolute Gasteiger partial charge is 0.481 e. The van der Waals surface area contributed by atoms with E-state index in [2.05, 4.69) is 19.2 Å². The lowest BCUT2D eigenvalue weighted by Crippen LogP contribution is -2.35. The summed E-state index contributed by atoms with van der Waals surface area (Å²) in [6.07, 6.45) is 1.26. The van der Waals surface area contributed by atoms with E-state index in [4.69, 9.17) is 5.11 Å². The van der Waals surface area contributed by atoms with Gasteiger partial charge in [0.1, 0.15) is 0 Å². The van der Waals surface area contributed by atoms with Crippen LogP contribution in [0.15, 0.2) is 24.3 Å². The van der Waals surface area contributed by atoms with E-state index >= 15 is 0 Å². The van der Waals surface area contributed by atoms with E-state index in [1.54, 1.807) is 6.92 Å². The number of rotatable bonds is 7. The molecule has 1 unspecified atom stereocenters. The van der Waals surface area contributed by atoms with Crippen molar-refractivity contribution in [2.24, 2.45) is 5.92 Å². The molecule has 20 heavy (non-hydrogen) atoms. The average Bonchev–Trinajstić information content (AvgIpc) is 2.29. The molecule has 1 aromatic carbocycles. The smallest absolute Gasteiger partial charge is 0.305 e. The number of aliphatic carboxylic acids is 1. The lowest BCUT2D eigenvalue weighted by Gasteiger charge is -2.12. The minimum absolute atomic E-state index is 0.0565. The van der Waals surface area contributed by atoms with Crippen LogP contribution in [-0.2, 0) is 22.4 Å². The summed E-state index contributed by atoms with van der Waals surface area (Å²) in [5.41, 5.74) is 2.21.